The van der Waals surface area contributed by atoms with Crippen molar-refractivity contribution in [2.45, 2.75) is 19.9 Å². The Bertz CT molecular complexity index is 1080. The lowest BCUT2D eigenvalue weighted by molar-refractivity contribution is 0.190. The van der Waals surface area contributed by atoms with E-state index in [0.29, 0.717) is 11.1 Å². The van der Waals surface area contributed by atoms with Gasteiger partial charge >= 0.3 is 6.09 Å². The molecule has 0 saturated heterocycles. The summed E-state index contributed by atoms with van der Waals surface area (Å²) in [6, 6.07) is 8.03. The average molecular weight is 376 g/mol. The minimum atomic E-state index is -1.26. The molecule has 8 heteroatoms. The predicted octanol–water partition coefficient (Wildman–Crippen LogP) is 3.82. The first kappa shape index (κ1) is 17.9. The molecule has 26 heavy (non-hydrogen) atoms. The van der Waals surface area contributed by atoms with Gasteiger partial charge in [-0.3, -0.25) is 9.36 Å². The van der Waals surface area contributed by atoms with Crippen LogP contribution >= 0.6 is 11.6 Å². The summed E-state index contributed by atoms with van der Waals surface area (Å²) in [6.07, 6.45) is -1.26. The smallest absolute Gasteiger partial charge is 0.405 e. The van der Waals surface area contributed by atoms with Crippen LogP contribution in [0.25, 0.3) is 16.6 Å². The summed E-state index contributed by atoms with van der Waals surface area (Å²) in [5, 5.41) is 11.7. The Morgan fingerprint density at radius 1 is 1.35 bits per heavy atom. The van der Waals surface area contributed by atoms with Crippen LogP contribution in [0.15, 0.2) is 41.2 Å². The van der Waals surface area contributed by atoms with Gasteiger partial charge in [-0.25, -0.2) is 14.2 Å². The molecule has 2 N–H and O–H groups in total. The lowest BCUT2D eigenvalue weighted by Gasteiger charge is -2.20. The number of amides is 1. The van der Waals surface area contributed by atoms with E-state index in [0.717, 1.165) is 0 Å². The zero-order chi connectivity index (χ0) is 19.0. The predicted molar refractivity (Wildman–Crippen MR) is 96.6 cm³/mol. The van der Waals surface area contributed by atoms with E-state index in [1.165, 1.54) is 22.8 Å². The zero-order valence-electron chi connectivity index (χ0n) is 14.0. The lowest BCUT2D eigenvalue weighted by atomic mass is 10.1. The van der Waals surface area contributed by atoms with Crippen LogP contribution in [0.2, 0.25) is 5.02 Å². The second-order valence-electron chi connectivity index (χ2n) is 5.85. The fourth-order valence-electron chi connectivity index (χ4n) is 2.80. The summed E-state index contributed by atoms with van der Waals surface area (Å²) >= 11 is 6.17. The fourth-order valence-corrected chi connectivity index (χ4v) is 3.05. The molecule has 3 rings (SSSR count). The number of benzene rings is 2. The van der Waals surface area contributed by atoms with Crippen molar-refractivity contribution in [3.05, 3.63) is 69.0 Å². The van der Waals surface area contributed by atoms with E-state index in [9.17, 15) is 14.0 Å². The summed E-state index contributed by atoms with van der Waals surface area (Å²) in [6.45, 7) is 3.27. The number of fused-ring (bicyclic) bond motifs is 1. The molecule has 0 aliphatic carbocycles. The van der Waals surface area contributed by atoms with Gasteiger partial charge in [-0.1, -0.05) is 23.7 Å². The number of aryl methyl sites for hydroxylation is 1. The molecule has 1 aromatic heterocycles. The Labute approximate surface area is 152 Å². The topological polar surface area (TPSA) is 84.2 Å². The van der Waals surface area contributed by atoms with Crippen LogP contribution in [0.4, 0.5) is 9.18 Å². The van der Waals surface area contributed by atoms with Gasteiger partial charge in [-0.15, -0.1) is 0 Å². The summed E-state index contributed by atoms with van der Waals surface area (Å²) in [4.78, 5) is 28.6. The van der Waals surface area contributed by atoms with E-state index < -0.39 is 23.5 Å². The number of nitrogens with one attached hydrogen (secondary N) is 1. The molecule has 3 aromatic rings. The Kier molecular flexibility index (Phi) is 4.65. The molecule has 0 saturated carbocycles. The molecule has 0 aliphatic heterocycles. The molecule has 134 valence electrons. The monoisotopic (exact) mass is 375 g/mol. The number of carboxylic acid groups (broad SMARTS) is 1. The molecule has 0 bridgehead atoms. The molecule has 0 spiro atoms. The van der Waals surface area contributed by atoms with Gasteiger partial charge in [0.1, 0.15) is 11.6 Å². The van der Waals surface area contributed by atoms with Gasteiger partial charge in [0, 0.05) is 0 Å². The highest BCUT2D eigenvalue weighted by molar-refractivity contribution is 6.35. The van der Waals surface area contributed by atoms with Gasteiger partial charge < -0.3 is 10.4 Å². The van der Waals surface area contributed by atoms with E-state index in [1.54, 1.807) is 32.0 Å². The Morgan fingerprint density at radius 2 is 2.08 bits per heavy atom. The third-order valence-electron chi connectivity index (χ3n) is 4.01. The van der Waals surface area contributed by atoms with Crippen LogP contribution in [0.3, 0.4) is 0 Å². The Morgan fingerprint density at radius 3 is 2.77 bits per heavy atom. The number of rotatable bonds is 3. The molecule has 1 amide bonds. The second-order valence-corrected chi connectivity index (χ2v) is 6.25. The minimum Gasteiger partial charge on any atom is -0.465 e. The summed E-state index contributed by atoms with van der Waals surface area (Å²) in [7, 11) is 0. The van der Waals surface area contributed by atoms with Gasteiger partial charge in [0.05, 0.1) is 27.7 Å². The maximum Gasteiger partial charge on any atom is 0.405 e. The van der Waals surface area contributed by atoms with E-state index in [2.05, 4.69) is 10.3 Å². The first-order chi connectivity index (χ1) is 12.3. The summed E-state index contributed by atoms with van der Waals surface area (Å²) in [5.41, 5.74) is 0.744. The van der Waals surface area contributed by atoms with Gasteiger partial charge in [0.2, 0.25) is 0 Å². The number of halogens is 2. The SMILES string of the molecule is Cc1ccc(F)cc1-n1c(C(C)NC(=O)O)nc2cccc(Cl)c2c1=O. The van der Waals surface area contributed by atoms with Crippen LogP contribution < -0.4 is 10.9 Å². The van der Waals surface area contributed by atoms with Crippen molar-refractivity contribution in [3.8, 4) is 5.69 Å². The van der Waals surface area contributed by atoms with Gasteiger partial charge in [0.25, 0.3) is 5.56 Å². The molecular weight excluding hydrogens is 361 g/mol. The normalized spacial score (nSPS) is 12.2. The van der Waals surface area contributed by atoms with E-state index in [1.807, 2.05) is 0 Å². The standard InChI is InChI=1S/C18H15ClFN3O3/c1-9-6-7-11(20)8-14(9)23-16(10(2)21-18(25)26)22-13-5-3-4-12(19)15(13)17(23)24/h3-8,10,21H,1-2H3,(H,25,26). The highest BCUT2D eigenvalue weighted by atomic mass is 35.5. The maximum atomic E-state index is 13.8. The molecule has 6 nitrogen and oxygen atoms in total. The molecule has 1 atom stereocenters. The summed E-state index contributed by atoms with van der Waals surface area (Å²) < 4.78 is 15.0. The highest BCUT2D eigenvalue weighted by Crippen LogP contribution is 2.24. The average Bonchev–Trinajstić information content (AvgIpc) is 2.56. The first-order valence-corrected chi connectivity index (χ1v) is 8.14. The molecule has 2 aromatic carbocycles. The van der Waals surface area contributed by atoms with Crippen molar-refractivity contribution in [1.29, 1.82) is 0 Å². The fraction of sp³-hybridized carbons (Fsp3) is 0.167. The maximum absolute atomic E-state index is 13.8. The van der Waals surface area contributed by atoms with E-state index >= 15 is 0 Å². The van der Waals surface area contributed by atoms with Gasteiger partial charge in [0.15, 0.2) is 0 Å². The van der Waals surface area contributed by atoms with Crippen molar-refractivity contribution in [2.75, 3.05) is 0 Å². The van der Waals surface area contributed by atoms with E-state index in [4.69, 9.17) is 16.7 Å². The molecule has 0 aliphatic rings. The summed E-state index contributed by atoms with van der Waals surface area (Å²) in [5.74, 6) is -0.387. The zero-order valence-corrected chi connectivity index (χ0v) is 14.7. The quantitative estimate of drug-likeness (QED) is 0.729. The first-order valence-electron chi connectivity index (χ1n) is 7.76. The minimum absolute atomic E-state index is 0.140. The van der Waals surface area contributed by atoms with Crippen LogP contribution in [0.5, 0.6) is 0 Å². The van der Waals surface area contributed by atoms with Gasteiger partial charge in [-0.05, 0) is 43.7 Å². The second kappa shape index (κ2) is 6.76. The van der Waals surface area contributed by atoms with Crippen molar-refractivity contribution >= 4 is 28.6 Å². The molecule has 0 fully saturated rings. The number of aromatic nitrogens is 2. The Balaban J connectivity index is 2.43. The number of hydrogen-bond acceptors (Lipinski definition) is 3. The Hall–Kier alpha value is -2.93. The van der Waals surface area contributed by atoms with Crippen molar-refractivity contribution < 1.29 is 14.3 Å². The van der Waals surface area contributed by atoms with Crippen molar-refractivity contribution in [3.63, 3.8) is 0 Å². The largest absolute Gasteiger partial charge is 0.465 e. The number of carbonyl (C=O) groups is 1. The molecular formula is C18H15ClFN3O3. The third kappa shape index (κ3) is 3.13. The number of hydrogen-bond donors (Lipinski definition) is 2. The van der Waals surface area contributed by atoms with Crippen LogP contribution in [0.1, 0.15) is 24.4 Å². The van der Waals surface area contributed by atoms with Gasteiger partial charge in [-0.2, -0.15) is 0 Å². The van der Waals surface area contributed by atoms with E-state index in [-0.39, 0.29) is 21.9 Å². The van der Waals surface area contributed by atoms with Crippen LogP contribution in [0, 0.1) is 12.7 Å². The van der Waals surface area contributed by atoms with Crippen molar-refractivity contribution in [1.82, 2.24) is 14.9 Å². The van der Waals surface area contributed by atoms with Crippen LogP contribution in [-0.2, 0) is 0 Å². The number of nitrogens with zero attached hydrogens (tertiary/aromatic N) is 2. The molecule has 1 heterocycles. The molecule has 0 radical (unpaired) electrons. The lowest BCUT2D eigenvalue weighted by Crippen LogP contribution is -2.32. The molecule has 1 unspecified atom stereocenters. The van der Waals surface area contributed by atoms with Crippen molar-refractivity contribution in [2.24, 2.45) is 0 Å². The third-order valence-corrected chi connectivity index (χ3v) is 4.33. The highest BCUT2D eigenvalue weighted by Gasteiger charge is 2.21. The van der Waals surface area contributed by atoms with Crippen LogP contribution in [-0.4, -0.2) is 20.8 Å².